The largest absolute Gasteiger partial charge is 0.392 e. The summed E-state index contributed by atoms with van der Waals surface area (Å²) in [6, 6.07) is 35.9. The van der Waals surface area contributed by atoms with Crippen molar-refractivity contribution in [1.29, 1.82) is 0 Å². The number of carbonyl (C=O) groups is 3. The van der Waals surface area contributed by atoms with Gasteiger partial charge in [0.25, 0.3) is 0 Å². The molecule has 1 aromatic heterocycles. The molecule has 370 valence electrons. The van der Waals surface area contributed by atoms with E-state index in [1.807, 2.05) is 30.5 Å². The highest BCUT2D eigenvalue weighted by molar-refractivity contribution is 5.97. The summed E-state index contributed by atoms with van der Waals surface area (Å²) in [6.45, 7) is 2.26. The van der Waals surface area contributed by atoms with E-state index in [-0.39, 0.29) is 47.0 Å². The molecule has 6 aromatic carbocycles. The maximum absolute atomic E-state index is 14.0. The fraction of sp³-hybridized carbons (Fsp3) is 0.356. The number of urea groups is 1. The normalized spacial score (nSPS) is 23.8. The highest BCUT2D eigenvalue weighted by Gasteiger charge is 2.44. The van der Waals surface area contributed by atoms with Gasteiger partial charge < -0.3 is 15.5 Å². The van der Waals surface area contributed by atoms with E-state index in [9.17, 15) is 31.9 Å². The number of halogens is 4. The fourth-order valence-corrected chi connectivity index (χ4v) is 12.6. The molecule has 0 radical (unpaired) electrons. The average molecular weight is 976 g/mol. The van der Waals surface area contributed by atoms with Crippen molar-refractivity contribution in [2.24, 2.45) is 5.92 Å². The number of hydrogen-bond donors (Lipinski definition) is 2. The van der Waals surface area contributed by atoms with Gasteiger partial charge >= 0.3 is 11.9 Å². The van der Waals surface area contributed by atoms with Crippen LogP contribution in [0.3, 0.4) is 0 Å². The smallest absolute Gasteiger partial charge is 0.335 e. The molecule has 5 aliphatic rings. The number of benzene rings is 6. The van der Waals surface area contributed by atoms with E-state index in [1.165, 1.54) is 60.4 Å². The number of anilines is 1. The monoisotopic (exact) mass is 975 g/mol. The van der Waals surface area contributed by atoms with Gasteiger partial charge in [-0.3, -0.25) is 14.6 Å². The average Bonchev–Trinajstić information content (AvgIpc) is 4.02. The first-order chi connectivity index (χ1) is 35.0. The Morgan fingerprint density at radius 2 is 1.08 bits per heavy atom. The Bertz CT molecular complexity index is 3160. The number of aromatic nitrogens is 1. The Kier molecular flexibility index (Phi) is 13.5. The number of likely N-dealkylation sites (tertiary alicyclic amines) is 1. The first kappa shape index (κ1) is 47.6. The third kappa shape index (κ3) is 10.3. The van der Waals surface area contributed by atoms with Gasteiger partial charge in [-0.2, -0.15) is 0 Å². The minimum Gasteiger partial charge on any atom is -0.335 e. The number of piperidine rings is 2. The molecule has 3 amide bonds. The first-order valence-corrected chi connectivity index (χ1v) is 25.6. The van der Waals surface area contributed by atoms with Gasteiger partial charge in [0.2, 0.25) is 5.91 Å². The van der Waals surface area contributed by atoms with Crippen molar-refractivity contribution in [2.45, 2.75) is 120 Å². The van der Waals surface area contributed by atoms with Crippen LogP contribution in [0.15, 0.2) is 134 Å². The molecule has 12 rings (SSSR count). The molecule has 5 saturated heterocycles. The summed E-state index contributed by atoms with van der Waals surface area (Å²) in [7, 11) is 0. The molecule has 5 aliphatic heterocycles. The quantitative estimate of drug-likeness (QED) is 0.111. The van der Waals surface area contributed by atoms with Crippen LogP contribution in [0.5, 0.6) is 0 Å². The minimum atomic E-state index is -0.604. The van der Waals surface area contributed by atoms with E-state index in [0.29, 0.717) is 49.5 Å². The predicted molar refractivity (Wildman–Crippen MR) is 271 cm³/mol. The number of rotatable bonds is 9. The molecular formula is C59H59F4N6O3+. The molecule has 5 fully saturated rings. The van der Waals surface area contributed by atoms with Gasteiger partial charge in [0.1, 0.15) is 29.3 Å². The molecule has 0 aliphatic carbocycles. The van der Waals surface area contributed by atoms with Gasteiger partial charge in [-0.05, 0) is 175 Å². The van der Waals surface area contributed by atoms with E-state index in [1.54, 1.807) is 52.1 Å². The molecule has 5 atom stereocenters. The molecular weight excluding hydrogens is 917 g/mol. The topological polar surface area (TPSA) is 88.9 Å². The highest BCUT2D eigenvalue weighted by Crippen LogP contribution is 2.41. The lowest BCUT2D eigenvalue weighted by Gasteiger charge is -2.40. The molecule has 72 heavy (non-hydrogen) atoms. The van der Waals surface area contributed by atoms with E-state index in [0.717, 1.165) is 90.4 Å². The molecule has 4 bridgehead atoms. The van der Waals surface area contributed by atoms with Crippen LogP contribution in [0.25, 0.3) is 32.3 Å². The zero-order chi connectivity index (χ0) is 49.5. The van der Waals surface area contributed by atoms with Crippen molar-refractivity contribution >= 4 is 55.9 Å². The van der Waals surface area contributed by atoms with Gasteiger partial charge in [0, 0.05) is 61.3 Å². The van der Waals surface area contributed by atoms with Crippen LogP contribution in [0.1, 0.15) is 86.6 Å². The Hall–Kier alpha value is -6.70. The standard InChI is InChI=1S/C30H32F2N4O2.C29H27F2N2O/c31-22-10-9-20-14-19(7-8-21(20)15-22)18-36-24-11-12-25(36)17-23(16-24)33-30(38)35-13-3-6-28(35)29(37)34-27-5-2-1-4-26(27)32;30-25-5-3-21-11-19(1-2-22(21)15-25)17-33-27-7-8-28(33)13-20(12-27)14-29(34)32-10-9-23-16-26(31)6-4-24(23)18-32/h1-2,4-5,7-10,14-15,23-25,28H,3,6,11-13,16-18H2,(H,33,38)(H,34,37);1-6,9-11,15-16,18,20,27-28H,7-8,12-14,17H2/q;+1/t23?,24?,25?,28-;/m0./s1. The Morgan fingerprint density at radius 3 is 1.67 bits per heavy atom. The summed E-state index contributed by atoms with van der Waals surface area (Å²) in [6.07, 6.45) is 13.8. The Labute approximate surface area is 416 Å². The van der Waals surface area contributed by atoms with E-state index in [4.69, 9.17) is 0 Å². The van der Waals surface area contributed by atoms with Crippen LogP contribution in [0.4, 0.5) is 28.0 Å². The highest BCUT2D eigenvalue weighted by atomic mass is 19.1. The second-order valence-corrected chi connectivity index (χ2v) is 20.8. The van der Waals surface area contributed by atoms with Gasteiger partial charge in [-0.25, -0.2) is 27.2 Å². The molecule has 0 spiro atoms. The summed E-state index contributed by atoms with van der Waals surface area (Å²) in [4.78, 5) is 45.9. The molecule has 4 unspecified atom stereocenters. The maximum atomic E-state index is 14.0. The van der Waals surface area contributed by atoms with Gasteiger partial charge in [-0.15, -0.1) is 4.57 Å². The maximum Gasteiger partial charge on any atom is 0.392 e. The lowest BCUT2D eigenvalue weighted by molar-refractivity contribution is -0.573. The molecule has 7 aromatic rings. The number of nitrogens with zero attached hydrogens (tertiary/aromatic N) is 4. The van der Waals surface area contributed by atoms with Gasteiger partial charge in [0.05, 0.1) is 12.1 Å². The Morgan fingerprint density at radius 1 is 0.569 bits per heavy atom. The predicted octanol–water partition coefficient (Wildman–Crippen LogP) is 11.5. The summed E-state index contributed by atoms with van der Waals surface area (Å²) in [5, 5.41) is 11.5. The Balaban J connectivity index is 0.000000157. The van der Waals surface area contributed by atoms with Gasteiger partial charge in [0.15, 0.2) is 12.4 Å². The number of pyridine rings is 1. The van der Waals surface area contributed by atoms with Crippen LogP contribution in [0, 0.1) is 29.2 Å². The summed E-state index contributed by atoms with van der Waals surface area (Å²) >= 11 is 0. The van der Waals surface area contributed by atoms with Crippen molar-refractivity contribution in [3.05, 3.63) is 168 Å². The van der Waals surface area contributed by atoms with Crippen molar-refractivity contribution in [1.82, 2.24) is 20.0 Å². The van der Waals surface area contributed by atoms with Crippen LogP contribution < -0.4 is 15.2 Å². The van der Waals surface area contributed by atoms with E-state index >= 15 is 0 Å². The van der Waals surface area contributed by atoms with Crippen LogP contribution in [0.2, 0.25) is 0 Å². The van der Waals surface area contributed by atoms with E-state index < -0.39 is 11.9 Å². The SMILES string of the molecule is O=C(CC1CC2CCC(C1)N2Cc1ccc2cc(F)ccc2c1)[n+]1ccc2cc(F)ccc2c1.O=C(Nc1ccccc1F)[C@@H]1CCCN1C(=O)NC1CC2CCC(C1)N2Cc1ccc2cc(F)ccc2c1. The third-order valence-electron chi connectivity index (χ3n) is 16.1. The second kappa shape index (κ2) is 20.4. The number of fused-ring (bicyclic) bond motifs is 7. The van der Waals surface area contributed by atoms with Crippen molar-refractivity contribution in [3.8, 4) is 0 Å². The van der Waals surface area contributed by atoms with Crippen LogP contribution in [-0.2, 0) is 17.9 Å². The molecule has 9 nitrogen and oxygen atoms in total. The van der Waals surface area contributed by atoms with Crippen molar-refractivity contribution in [3.63, 3.8) is 0 Å². The first-order valence-electron chi connectivity index (χ1n) is 25.6. The lowest BCUT2D eigenvalue weighted by atomic mass is 9.87. The van der Waals surface area contributed by atoms with Crippen LogP contribution >= 0.6 is 0 Å². The zero-order valence-corrected chi connectivity index (χ0v) is 40.2. The summed E-state index contributed by atoms with van der Waals surface area (Å²) < 4.78 is 56.1. The van der Waals surface area contributed by atoms with E-state index in [2.05, 4.69) is 44.7 Å². The molecule has 6 heterocycles. The summed E-state index contributed by atoms with van der Waals surface area (Å²) in [5.74, 6) is -1.05. The number of para-hydroxylation sites is 1. The van der Waals surface area contributed by atoms with Crippen molar-refractivity contribution in [2.75, 3.05) is 11.9 Å². The fourth-order valence-electron chi connectivity index (χ4n) is 12.6. The third-order valence-corrected chi connectivity index (χ3v) is 16.1. The molecule has 2 N–H and O–H groups in total. The number of carbonyl (C=O) groups excluding carboxylic acids is 3. The number of hydrogen-bond acceptors (Lipinski definition) is 5. The summed E-state index contributed by atoms with van der Waals surface area (Å²) in [5.41, 5.74) is 2.60. The molecule has 13 heteroatoms. The number of nitrogens with one attached hydrogen (secondary N) is 2. The van der Waals surface area contributed by atoms with Crippen molar-refractivity contribution < 1.29 is 36.5 Å². The number of amides is 3. The van der Waals surface area contributed by atoms with Crippen LogP contribution in [-0.4, -0.2) is 75.3 Å². The molecule has 0 saturated carbocycles. The van der Waals surface area contributed by atoms with Gasteiger partial charge in [-0.1, -0.05) is 48.5 Å². The lowest BCUT2D eigenvalue weighted by Crippen LogP contribution is -2.54. The second-order valence-electron chi connectivity index (χ2n) is 20.8. The zero-order valence-electron chi connectivity index (χ0n) is 40.2. The minimum absolute atomic E-state index is 0.0618.